The second-order valence-corrected chi connectivity index (χ2v) is 4.53. The molecule has 1 fully saturated rings. The highest BCUT2D eigenvalue weighted by Crippen LogP contribution is 2.31. The van der Waals surface area contributed by atoms with E-state index < -0.39 is 0 Å². The quantitative estimate of drug-likeness (QED) is 0.710. The molecule has 0 radical (unpaired) electrons. The maximum Gasteiger partial charge on any atom is 0.0568 e. The van der Waals surface area contributed by atoms with Crippen molar-refractivity contribution in [3.63, 3.8) is 0 Å². The average Bonchev–Trinajstić information content (AvgIpc) is 2.17. The van der Waals surface area contributed by atoms with Gasteiger partial charge in [0, 0.05) is 0 Å². The molecule has 78 valence electrons. The van der Waals surface area contributed by atoms with E-state index in [9.17, 15) is 5.11 Å². The topological polar surface area (TPSA) is 20.2 Å². The van der Waals surface area contributed by atoms with E-state index in [1.165, 1.54) is 38.5 Å². The largest absolute Gasteiger partial charge is 0.393 e. The Morgan fingerprint density at radius 1 is 1.15 bits per heavy atom. The first-order chi connectivity index (χ1) is 6.27. The molecule has 1 rings (SSSR count). The third-order valence-electron chi connectivity index (χ3n) is 3.66. The van der Waals surface area contributed by atoms with Crippen LogP contribution in [0.3, 0.4) is 0 Å². The molecule has 0 aliphatic heterocycles. The summed E-state index contributed by atoms with van der Waals surface area (Å²) in [4.78, 5) is 0. The van der Waals surface area contributed by atoms with E-state index >= 15 is 0 Å². The van der Waals surface area contributed by atoms with E-state index in [1.54, 1.807) is 0 Å². The zero-order valence-corrected chi connectivity index (χ0v) is 9.13. The minimum atomic E-state index is 0.00866. The van der Waals surface area contributed by atoms with Gasteiger partial charge in [-0.1, -0.05) is 39.5 Å². The van der Waals surface area contributed by atoms with Gasteiger partial charge in [0.25, 0.3) is 0 Å². The highest BCUT2D eigenvalue weighted by Gasteiger charge is 2.24. The van der Waals surface area contributed by atoms with E-state index in [2.05, 4.69) is 13.8 Å². The molecule has 1 aliphatic rings. The Hall–Kier alpha value is -0.0400. The van der Waals surface area contributed by atoms with Crippen LogP contribution in [0.15, 0.2) is 0 Å². The molecule has 0 heterocycles. The second kappa shape index (κ2) is 5.64. The van der Waals surface area contributed by atoms with Crippen molar-refractivity contribution in [3.05, 3.63) is 0 Å². The number of hydrogen-bond acceptors (Lipinski definition) is 1. The molecule has 0 aromatic rings. The molecule has 1 N–H and O–H groups in total. The summed E-state index contributed by atoms with van der Waals surface area (Å²) in [5, 5.41) is 9.81. The van der Waals surface area contributed by atoms with Crippen LogP contribution >= 0.6 is 0 Å². The maximum absolute atomic E-state index is 9.81. The van der Waals surface area contributed by atoms with Crippen molar-refractivity contribution in [3.8, 4) is 0 Å². The van der Waals surface area contributed by atoms with Gasteiger partial charge < -0.3 is 5.11 Å². The van der Waals surface area contributed by atoms with Crippen LogP contribution in [0.5, 0.6) is 0 Å². The molecule has 0 aromatic carbocycles. The summed E-state index contributed by atoms with van der Waals surface area (Å²) in [6.07, 6.45) is 8.70. The molecular weight excluding hydrogens is 160 g/mol. The SMILES string of the molecule is CCC(CC)C[C@@H]1CCCC[C@H]1O. The zero-order valence-electron chi connectivity index (χ0n) is 9.13. The molecule has 0 bridgehead atoms. The van der Waals surface area contributed by atoms with E-state index in [0.29, 0.717) is 5.92 Å². The van der Waals surface area contributed by atoms with Crippen molar-refractivity contribution in [2.45, 2.75) is 64.9 Å². The van der Waals surface area contributed by atoms with Crippen molar-refractivity contribution in [2.24, 2.45) is 11.8 Å². The highest BCUT2D eigenvalue weighted by atomic mass is 16.3. The Bertz CT molecular complexity index is 129. The standard InChI is InChI=1S/C12H24O/c1-3-10(4-2)9-11-7-5-6-8-12(11)13/h10-13H,3-9H2,1-2H3/t11-,12+/m0/s1. The van der Waals surface area contributed by atoms with Crippen molar-refractivity contribution in [2.75, 3.05) is 0 Å². The van der Waals surface area contributed by atoms with Crippen LogP contribution in [0, 0.1) is 11.8 Å². The molecule has 2 atom stereocenters. The molecule has 0 amide bonds. The van der Waals surface area contributed by atoms with Crippen molar-refractivity contribution in [1.29, 1.82) is 0 Å². The fourth-order valence-electron chi connectivity index (χ4n) is 2.51. The van der Waals surface area contributed by atoms with Gasteiger partial charge in [0.15, 0.2) is 0 Å². The van der Waals surface area contributed by atoms with Crippen LogP contribution in [0.1, 0.15) is 58.8 Å². The number of hydrogen-bond donors (Lipinski definition) is 1. The normalized spacial score (nSPS) is 29.5. The maximum atomic E-state index is 9.81. The molecular formula is C12H24O. The van der Waals surface area contributed by atoms with Crippen LogP contribution < -0.4 is 0 Å². The van der Waals surface area contributed by atoms with Gasteiger partial charge in [-0.25, -0.2) is 0 Å². The number of aliphatic hydroxyl groups excluding tert-OH is 1. The van der Waals surface area contributed by atoms with Crippen molar-refractivity contribution >= 4 is 0 Å². The first-order valence-corrected chi connectivity index (χ1v) is 5.96. The minimum Gasteiger partial charge on any atom is -0.393 e. The number of aliphatic hydroxyl groups is 1. The van der Waals surface area contributed by atoms with Crippen LogP contribution in [0.4, 0.5) is 0 Å². The lowest BCUT2D eigenvalue weighted by Gasteiger charge is -2.30. The summed E-state index contributed by atoms with van der Waals surface area (Å²) in [6, 6.07) is 0. The van der Waals surface area contributed by atoms with Gasteiger partial charge >= 0.3 is 0 Å². The first kappa shape index (κ1) is 11.0. The molecule has 0 unspecified atom stereocenters. The fourth-order valence-corrected chi connectivity index (χ4v) is 2.51. The van der Waals surface area contributed by atoms with Gasteiger partial charge in [-0.2, -0.15) is 0 Å². The van der Waals surface area contributed by atoms with Crippen LogP contribution in [-0.2, 0) is 0 Å². The van der Waals surface area contributed by atoms with E-state index in [1.807, 2.05) is 0 Å². The van der Waals surface area contributed by atoms with Gasteiger partial charge in [0.1, 0.15) is 0 Å². The smallest absolute Gasteiger partial charge is 0.0568 e. The molecule has 1 saturated carbocycles. The fraction of sp³-hybridized carbons (Fsp3) is 1.00. The lowest BCUT2D eigenvalue weighted by atomic mass is 9.79. The average molecular weight is 184 g/mol. The van der Waals surface area contributed by atoms with E-state index in [0.717, 1.165) is 12.3 Å². The van der Waals surface area contributed by atoms with Crippen molar-refractivity contribution in [1.82, 2.24) is 0 Å². The monoisotopic (exact) mass is 184 g/mol. The summed E-state index contributed by atoms with van der Waals surface area (Å²) < 4.78 is 0. The van der Waals surface area contributed by atoms with Gasteiger partial charge in [-0.15, -0.1) is 0 Å². The number of rotatable bonds is 4. The Balaban J connectivity index is 2.32. The summed E-state index contributed by atoms with van der Waals surface area (Å²) in [7, 11) is 0. The molecule has 0 aromatic heterocycles. The molecule has 1 heteroatoms. The van der Waals surface area contributed by atoms with Crippen LogP contribution in [0.25, 0.3) is 0 Å². The third kappa shape index (κ3) is 3.30. The molecule has 0 saturated heterocycles. The lowest BCUT2D eigenvalue weighted by molar-refractivity contribution is 0.0552. The second-order valence-electron chi connectivity index (χ2n) is 4.53. The Morgan fingerprint density at radius 2 is 1.77 bits per heavy atom. The molecule has 13 heavy (non-hydrogen) atoms. The predicted octanol–water partition coefficient (Wildman–Crippen LogP) is 3.36. The van der Waals surface area contributed by atoms with Crippen molar-refractivity contribution < 1.29 is 5.11 Å². The van der Waals surface area contributed by atoms with Crippen LogP contribution in [-0.4, -0.2) is 11.2 Å². The first-order valence-electron chi connectivity index (χ1n) is 5.96. The summed E-state index contributed by atoms with van der Waals surface area (Å²) in [5.74, 6) is 1.45. The Morgan fingerprint density at radius 3 is 2.31 bits per heavy atom. The van der Waals surface area contributed by atoms with Gasteiger partial charge in [0.2, 0.25) is 0 Å². The lowest BCUT2D eigenvalue weighted by Crippen LogP contribution is -2.26. The Labute approximate surface area is 82.5 Å². The van der Waals surface area contributed by atoms with Gasteiger partial charge in [-0.3, -0.25) is 0 Å². The summed E-state index contributed by atoms with van der Waals surface area (Å²) in [5.41, 5.74) is 0. The minimum absolute atomic E-state index is 0.00866. The zero-order chi connectivity index (χ0) is 9.68. The highest BCUT2D eigenvalue weighted by molar-refractivity contribution is 4.76. The van der Waals surface area contributed by atoms with E-state index in [-0.39, 0.29) is 6.10 Å². The predicted molar refractivity (Wildman–Crippen MR) is 56.7 cm³/mol. The van der Waals surface area contributed by atoms with Gasteiger partial charge in [-0.05, 0) is 31.1 Å². The molecule has 1 nitrogen and oxygen atoms in total. The third-order valence-corrected chi connectivity index (χ3v) is 3.66. The summed E-state index contributed by atoms with van der Waals surface area (Å²) in [6.45, 7) is 4.53. The van der Waals surface area contributed by atoms with Gasteiger partial charge in [0.05, 0.1) is 6.10 Å². The molecule has 1 aliphatic carbocycles. The van der Waals surface area contributed by atoms with E-state index in [4.69, 9.17) is 0 Å². The molecule has 0 spiro atoms. The summed E-state index contributed by atoms with van der Waals surface area (Å²) >= 11 is 0. The Kier molecular flexibility index (Phi) is 4.79. The van der Waals surface area contributed by atoms with Crippen LogP contribution in [0.2, 0.25) is 0 Å².